The van der Waals surface area contributed by atoms with E-state index in [1.807, 2.05) is 6.07 Å². The standard InChI is InChI=1S/C17H24BrN3/c1-5-20(12-13(2)3)17-16(11-18)14(4)19-21(17)15-9-7-6-8-10-15/h6-10,13H,5,11-12H2,1-4H3. The Labute approximate surface area is 136 Å². The zero-order chi connectivity index (χ0) is 15.4. The maximum absolute atomic E-state index is 4.77. The molecule has 3 nitrogen and oxygen atoms in total. The number of aryl methyl sites for hydroxylation is 1. The molecule has 0 amide bonds. The van der Waals surface area contributed by atoms with E-state index in [0.29, 0.717) is 5.92 Å². The van der Waals surface area contributed by atoms with Crippen LogP contribution in [0.4, 0.5) is 5.82 Å². The molecule has 0 aliphatic rings. The van der Waals surface area contributed by atoms with Crippen molar-refractivity contribution in [1.82, 2.24) is 9.78 Å². The number of anilines is 1. The van der Waals surface area contributed by atoms with Crippen molar-refractivity contribution < 1.29 is 0 Å². The second-order valence-electron chi connectivity index (χ2n) is 5.70. The number of halogens is 1. The largest absolute Gasteiger partial charge is 0.356 e. The van der Waals surface area contributed by atoms with Crippen LogP contribution in [0.2, 0.25) is 0 Å². The number of nitrogens with zero attached hydrogens (tertiary/aromatic N) is 3. The highest BCUT2D eigenvalue weighted by Crippen LogP contribution is 2.29. The molecule has 2 rings (SSSR count). The second kappa shape index (κ2) is 7.12. The van der Waals surface area contributed by atoms with E-state index in [4.69, 9.17) is 5.10 Å². The SMILES string of the molecule is CCN(CC(C)C)c1c(CBr)c(C)nn1-c1ccccc1. The third kappa shape index (κ3) is 3.49. The molecule has 0 N–H and O–H groups in total. The van der Waals surface area contributed by atoms with Crippen LogP contribution in [-0.4, -0.2) is 22.9 Å². The van der Waals surface area contributed by atoms with Gasteiger partial charge in [-0.2, -0.15) is 5.10 Å². The highest BCUT2D eigenvalue weighted by atomic mass is 79.9. The Morgan fingerprint density at radius 1 is 1.24 bits per heavy atom. The molecule has 4 heteroatoms. The van der Waals surface area contributed by atoms with E-state index in [2.05, 4.69) is 77.5 Å². The van der Waals surface area contributed by atoms with E-state index in [1.165, 1.54) is 11.4 Å². The van der Waals surface area contributed by atoms with Gasteiger partial charge in [0.15, 0.2) is 0 Å². The van der Waals surface area contributed by atoms with Crippen molar-refractivity contribution in [3.8, 4) is 5.69 Å². The molecule has 0 aliphatic carbocycles. The van der Waals surface area contributed by atoms with Gasteiger partial charge in [0, 0.05) is 24.0 Å². The first-order valence-corrected chi connectivity index (χ1v) is 8.65. The van der Waals surface area contributed by atoms with E-state index in [-0.39, 0.29) is 0 Å². The summed E-state index contributed by atoms with van der Waals surface area (Å²) < 4.78 is 2.08. The number of benzene rings is 1. The first-order chi connectivity index (χ1) is 10.1. The molecule has 0 atom stereocenters. The third-order valence-electron chi connectivity index (χ3n) is 3.56. The van der Waals surface area contributed by atoms with Gasteiger partial charge in [0.2, 0.25) is 0 Å². The lowest BCUT2D eigenvalue weighted by Gasteiger charge is -2.27. The van der Waals surface area contributed by atoms with Crippen LogP contribution in [-0.2, 0) is 5.33 Å². The Morgan fingerprint density at radius 2 is 1.90 bits per heavy atom. The average molecular weight is 350 g/mol. The van der Waals surface area contributed by atoms with Crippen molar-refractivity contribution in [3.05, 3.63) is 41.6 Å². The van der Waals surface area contributed by atoms with Gasteiger partial charge < -0.3 is 4.90 Å². The van der Waals surface area contributed by atoms with Gasteiger partial charge in [-0.25, -0.2) is 4.68 Å². The van der Waals surface area contributed by atoms with Gasteiger partial charge in [-0.3, -0.25) is 0 Å². The Balaban J connectivity index is 2.56. The quantitative estimate of drug-likeness (QED) is 0.712. The molecule has 0 saturated carbocycles. The molecule has 0 fully saturated rings. The zero-order valence-electron chi connectivity index (χ0n) is 13.3. The van der Waals surface area contributed by atoms with Crippen LogP contribution in [0, 0.1) is 12.8 Å². The Kier molecular flexibility index (Phi) is 5.45. The van der Waals surface area contributed by atoms with Gasteiger partial charge in [-0.1, -0.05) is 48.0 Å². The molecule has 0 aliphatic heterocycles. The summed E-state index contributed by atoms with van der Waals surface area (Å²) in [6, 6.07) is 10.4. The van der Waals surface area contributed by atoms with Gasteiger partial charge in [0.25, 0.3) is 0 Å². The van der Waals surface area contributed by atoms with E-state index < -0.39 is 0 Å². The van der Waals surface area contributed by atoms with Crippen LogP contribution >= 0.6 is 15.9 Å². The van der Waals surface area contributed by atoms with E-state index in [9.17, 15) is 0 Å². The first kappa shape index (κ1) is 16.1. The van der Waals surface area contributed by atoms with Crippen molar-refractivity contribution >= 4 is 21.7 Å². The van der Waals surface area contributed by atoms with Crippen molar-refractivity contribution in [1.29, 1.82) is 0 Å². The molecule has 114 valence electrons. The lowest BCUT2D eigenvalue weighted by molar-refractivity contribution is 0.607. The van der Waals surface area contributed by atoms with Gasteiger partial charge in [-0.05, 0) is 31.9 Å². The number of para-hydroxylation sites is 1. The van der Waals surface area contributed by atoms with Crippen LogP contribution in [0.25, 0.3) is 5.69 Å². The Bertz CT molecular complexity index is 575. The summed E-state index contributed by atoms with van der Waals surface area (Å²) in [6.45, 7) is 10.8. The molecular formula is C17H24BrN3. The van der Waals surface area contributed by atoms with E-state index in [1.54, 1.807) is 0 Å². The molecule has 1 heterocycles. The van der Waals surface area contributed by atoms with Gasteiger partial charge in [0.05, 0.1) is 11.4 Å². The highest BCUT2D eigenvalue weighted by molar-refractivity contribution is 9.08. The molecule has 0 spiro atoms. The fourth-order valence-corrected chi connectivity index (χ4v) is 3.24. The number of hydrogen-bond acceptors (Lipinski definition) is 2. The summed E-state index contributed by atoms with van der Waals surface area (Å²) in [7, 11) is 0. The highest BCUT2D eigenvalue weighted by Gasteiger charge is 2.20. The molecule has 0 bridgehead atoms. The van der Waals surface area contributed by atoms with Crippen molar-refractivity contribution in [2.75, 3.05) is 18.0 Å². The second-order valence-corrected chi connectivity index (χ2v) is 6.26. The summed E-state index contributed by atoms with van der Waals surface area (Å²) >= 11 is 3.63. The summed E-state index contributed by atoms with van der Waals surface area (Å²) in [5, 5.41) is 5.60. The molecule has 1 aromatic carbocycles. The Morgan fingerprint density at radius 3 is 2.43 bits per heavy atom. The lowest BCUT2D eigenvalue weighted by Crippen LogP contribution is -2.30. The van der Waals surface area contributed by atoms with Crippen LogP contribution in [0.5, 0.6) is 0 Å². The van der Waals surface area contributed by atoms with Gasteiger partial charge in [-0.15, -0.1) is 0 Å². The number of hydrogen-bond donors (Lipinski definition) is 0. The molecular weight excluding hydrogens is 326 g/mol. The summed E-state index contributed by atoms with van der Waals surface area (Å²) in [6.07, 6.45) is 0. The maximum Gasteiger partial charge on any atom is 0.136 e. The monoisotopic (exact) mass is 349 g/mol. The topological polar surface area (TPSA) is 21.1 Å². The third-order valence-corrected chi connectivity index (χ3v) is 4.12. The molecule has 21 heavy (non-hydrogen) atoms. The fraction of sp³-hybridized carbons (Fsp3) is 0.471. The lowest BCUT2D eigenvalue weighted by atomic mass is 10.2. The summed E-state index contributed by atoms with van der Waals surface area (Å²) in [5.74, 6) is 1.83. The van der Waals surface area contributed by atoms with Crippen molar-refractivity contribution in [2.45, 2.75) is 33.0 Å². The first-order valence-electron chi connectivity index (χ1n) is 7.53. The Hall–Kier alpha value is -1.29. The minimum Gasteiger partial charge on any atom is -0.356 e. The molecule has 0 unspecified atom stereocenters. The normalized spacial score (nSPS) is 11.1. The maximum atomic E-state index is 4.77. The van der Waals surface area contributed by atoms with Crippen LogP contribution in [0.1, 0.15) is 32.0 Å². The number of aromatic nitrogens is 2. The van der Waals surface area contributed by atoms with Crippen LogP contribution < -0.4 is 4.90 Å². The molecule has 0 saturated heterocycles. The van der Waals surface area contributed by atoms with E-state index >= 15 is 0 Å². The van der Waals surface area contributed by atoms with Crippen molar-refractivity contribution in [2.24, 2.45) is 5.92 Å². The smallest absolute Gasteiger partial charge is 0.136 e. The molecule has 1 aromatic heterocycles. The van der Waals surface area contributed by atoms with Gasteiger partial charge in [0.1, 0.15) is 5.82 Å². The van der Waals surface area contributed by atoms with Crippen LogP contribution in [0.15, 0.2) is 30.3 Å². The number of alkyl halides is 1. The van der Waals surface area contributed by atoms with E-state index in [0.717, 1.165) is 29.8 Å². The molecule has 2 aromatic rings. The minimum absolute atomic E-state index is 0.618. The average Bonchev–Trinajstić information content (AvgIpc) is 2.82. The van der Waals surface area contributed by atoms with Crippen molar-refractivity contribution in [3.63, 3.8) is 0 Å². The summed E-state index contributed by atoms with van der Waals surface area (Å²) in [4.78, 5) is 2.42. The summed E-state index contributed by atoms with van der Waals surface area (Å²) in [5.41, 5.74) is 3.49. The van der Waals surface area contributed by atoms with Crippen LogP contribution in [0.3, 0.4) is 0 Å². The fourth-order valence-electron chi connectivity index (χ4n) is 2.58. The number of rotatable bonds is 6. The predicted octanol–water partition coefficient (Wildman–Crippen LogP) is 4.56. The minimum atomic E-state index is 0.618. The predicted molar refractivity (Wildman–Crippen MR) is 93.7 cm³/mol. The molecule has 0 radical (unpaired) electrons. The van der Waals surface area contributed by atoms with Gasteiger partial charge >= 0.3 is 0 Å². The zero-order valence-corrected chi connectivity index (χ0v) is 14.9.